The zero-order chi connectivity index (χ0) is 32.0. The van der Waals surface area contributed by atoms with Crippen LogP contribution in [0.15, 0.2) is 125 Å². The van der Waals surface area contributed by atoms with Crippen molar-refractivity contribution in [2.45, 2.75) is 55.6 Å². The van der Waals surface area contributed by atoms with Crippen molar-refractivity contribution in [2.75, 3.05) is 27.4 Å². The number of ether oxygens (including phenoxy) is 6. The summed E-state index contributed by atoms with van der Waals surface area (Å²) in [4.78, 5) is 1.05. The SMILES string of the molecule is COc1ccc(COCC2O[C@H](OCCCc3ccccc3)/C(=C\Sc3ccccc3)C(O)C2OCc2ccc(OC)cc2)cc1. The van der Waals surface area contributed by atoms with Crippen LogP contribution < -0.4 is 9.47 Å². The predicted molar refractivity (Wildman–Crippen MR) is 180 cm³/mol. The van der Waals surface area contributed by atoms with Gasteiger partial charge in [0.25, 0.3) is 0 Å². The highest BCUT2D eigenvalue weighted by molar-refractivity contribution is 8.02. The molecule has 1 N–H and O–H groups in total. The third-order valence-corrected chi connectivity index (χ3v) is 8.63. The first-order valence-electron chi connectivity index (χ1n) is 15.5. The summed E-state index contributed by atoms with van der Waals surface area (Å²) in [5, 5.41) is 13.8. The summed E-state index contributed by atoms with van der Waals surface area (Å²) in [6.45, 7) is 1.34. The Morgan fingerprint density at radius 2 is 1.33 bits per heavy atom. The van der Waals surface area contributed by atoms with E-state index in [0.29, 0.717) is 18.8 Å². The van der Waals surface area contributed by atoms with Crippen LogP contribution in [0.25, 0.3) is 0 Å². The standard InChI is InChI=1S/C38H42O7S/c1-40-31-19-15-29(16-20-31)24-42-26-35-37(44-25-30-17-21-32(41-2)22-18-30)36(39)34(27-46-33-13-7-4-8-14-33)38(45-35)43-23-9-12-28-10-5-3-6-11-28/h3-8,10-11,13-22,27,35-39H,9,12,23-26H2,1-2H3/b34-27-/t35?,36?,37?,38-/m0/s1. The molecule has 0 bridgehead atoms. The van der Waals surface area contributed by atoms with E-state index >= 15 is 0 Å². The number of methoxy groups -OCH3 is 2. The van der Waals surface area contributed by atoms with E-state index < -0.39 is 24.6 Å². The summed E-state index contributed by atoms with van der Waals surface area (Å²) in [7, 11) is 3.28. The second kappa shape index (κ2) is 17.9. The molecule has 0 amide bonds. The minimum absolute atomic E-state index is 0.208. The van der Waals surface area contributed by atoms with Crippen LogP contribution in [0.1, 0.15) is 23.1 Å². The smallest absolute Gasteiger partial charge is 0.183 e. The summed E-state index contributed by atoms with van der Waals surface area (Å²) < 4.78 is 36.0. The summed E-state index contributed by atoms with van der Waals surface area (Å²) >= 11 is 1.52. The fourth-order valence-corrected chi connectivity index (χ4v) is 5.95. The van der Waals surface area contributed by atoms with Crippen molar-refractivity contribution in [3.8, 4) is 11.5 Å². The molecule has 46 heavy (non-hydrogen) atoms. The van der Waals surface area contributed by atoms with E-state index in [1.165, 1.54) is 17.3 Å². The Kier molecular flexibility index (Phi) is 13.1. The Balaban J connectivity index is 1.32. The molecule has 5 rings (SSSR count). The summed E-state index contributed by atoms with van der Waals surface area (Å²) in [6, 6.07) is 35.8. The van der Waals surface area contributed by atoms with Crippen LogP contribution in [-0.4, -0.2) is 57.1 Å². The second-order valence-corrected chi connectivity index (χ2v) is 11.9. The van der Waals surface area contributed by atoms with Gasteiger partial charge in [0, 0.05) is 10.5 Å². The van der Waals surface area contributed by atoms with Crippen LogP contribution >= 0.6 is 11.8 Å². The zero-order valence-corrected chi connectivity index (χ0v) is 27.1. The summed E-state index contributed by atoms with van der Waals surface area (Å²) in [5.41, 5.74) is 3.83. The van der Waals surface area contributed by atoms with Crippen LogP contribution in [0.3, 0.4) is 0 Å². The number of aryl methyl sites for hydroxylation is 1. The van der Waals surface area contributed by atoms with E-state index in [4.69, 9.17) is 28.4 Å². The molecule has 3 unspecified atom stereocenters. The number of benzene rings is 4. The topological polar surface area (TPSA) is 75.6 Å². The maximum atomic E-state index is 11.9. The van der Waals surface area contributed by atoms with E-state index in [1.54, 1.807) is 14.2 Å². The minimum Gasteiger partial charge on any atom is -0.497 e. The quantitative estimate of drug-likeness (QED) is 0.102. The van der Waals surface area contributed by atoms with Crippen molar-refractivity contribution in [1.29, 1.82) is 0 Å². The Labute approximate surface area is 276 Å². The lowest BCUT2D eigenvalue weighted by atomic mass is 9.97. The lowest BCUT2D eigenvalue weighted by Gasteiger charge is -2.41. The van der Waals surface area contributed by atoms with Gasteiger partial charge in [0.2, 0.25) is 0 Å². The van der Waals surface area contributed by atoms with Gasteiger partial charge in [0.15, 0.2) is 6.29 Å². The van der Waals surface area contributed by atoms with Crippen molar-refractivity contribution in [3.63, 3.8) is 0 Å². The highest BCUT2D eigenvalue weighted by Crippen LogP contribution is 2.33. The fraction of sp³-hybridized carbons (Fsp3) is 0.316. The monoisotopic (exact) mass is 642 g/mol. The van der Waals surface area contributed by atoms with Gasteiger partial charge in [-0.25, -0.2) is 0 Å². The van der Waals surface area contributed by atoms with Crippen molar-refractivity contribution in [1.82, 2.24) is 0 Å². The van der Waals surface area contributed by atoms with Crippen molar-refractivity contribution in [2.24, 2.45) is 0 Å². The molecular weight excluding hydrogens is 600 g/mol. The molecule has 8 heteroatoms. The number of thioether (sulfide) groups is 1. The van der Waals surface area contributed by atoms with Gasteiger partial charge >= 0.3 is 0 Å². The minimum atomic E-state index is -0.975. The number of rotatable bonds is 16. The van der Waals surface area contributed by atoms with Crippen LogP contribution in [0, 0.1) is 0 Å². The summed E-state index contributed by atoms with van der Waals surface area (Å²) in [6.07, 6.45) is -1.30. The molecule has 7 nitrogen and oxygen atoms in total. The van der Waals surface area contributed by atoms with E-state index in [1.807, 2.05) is 102 Å². The molecule has 0 radical (unpaired) electrons. The molecule has 1 saturated heterocycles. The van der Waals surface area contributed by atoms with Gasteiger partial charge in [0.1, 0.15) is 29.8 Å². The Hall–Kier alpha value is -3.63. The molecule has 4 aromatic rings. The molecule has 4 atom stereocenters. The fourth-order valence-electron chi connectivity index (χ4n) is 5.12. The first-order chi connectivity index (χ1) is 22.6. The van der Waals surface area contributed by atoms with E-state index in [-0.39, 0.29) is 13.2 Å². The average molecular weight is 643 g/mol. The molecule has 1 heterocycles. The molecule has 0 spiro atoms. The number of hydrogen-bond acceptors (Lipinski definition) is 8. The van der Waals surface area contributed by atoms with Gasteiger partial charge in [0.05, 0.1) is 40.6 Å². The van der Waals surface area contributed by atoms with Gasteiger partial charge in [-0.05, 0) is 71.3 Å². The number of hydrogen-bond donors (Lipinski definition) is 1. The molecule has 1 aliphatic heterocycles. The van der Waals surface area contributed by atoms with Gasteiger partial charge in [-0.1, -0.05) is 84.6 Å². The second-order valence-electron chi connectivity index (χ2n) is 10.9. The van der Waals surface area contributed by atoms with Gasteiger partial charge in [-0.15, -0.1) is 0 Å². The van der Waals surface area contributed by atoms with Crippen LogP contribution in [0.4, 0.5) is 0 Å². The van der Waals surface area contributed by atoms with Gasteiger partial charge in [-0.2, -0.15) is 0 Å². The van der Waals surface area contributed by atoms with Crippen LogP contribution in [0.2, 0.25) is 0 Å². The summed E-state index contributed by atoms with van der Waals surface area (Å²) in [5.74, 6) is 1.56. The highest BCUT2D eigenvalue weighted by atomic mass is 32.2. The Morgan fingerprint density at radius 3 is 1.96 bits per heavy atom. The van der Waals surface area contributed by atoms with Crippen molar-refractivity contribution < 1.29 is 33.5 Å². The van der Waals surface area contributed by atoms with Crippen molar-refractivity contribution >= 4 is 11.8 Å². The highest BCUT2D eigenvalue weighted by Gasteiger charge is 2.43. The molecule has 0 saturated carbocycles. The third-order valence-electron chi connectivity index (χ3n) is 7.70. The van der Waals surface area contributed by atoms with E-state index in [0.717, 1.165) is 40.4 Å². The third kappa shape index (κ3) is 9.93. The molecule has 1 fully saturated rings. The lowest BCUT2D eigenvalue weighted by Crippen LogP contribution is -2.53. The average Bonchev–Trinajstić information content (AvgIpc) is 3.11. The Bertz CT molecular complexity index is 1460. The van der Waals surface area contributed by atoms with Crippen molar-refractivity contribution in [3.05, 3.63) is 137 Å². The Morgan fingerprint density at radius 1 is 0.717 bits per heavy atom. The molecule has 242 valence electrons. The van der Waals surface area contributed by atoms with Crippen LogP contribution in [-0.2, 0) is 38.6 Å². The maximum Gasteiger partial charge on any atom is 0.183 e. The molecule has 0 aliphatic carbocycles. The van der Waals surface area contributed by atoms with Gasteiger partial charge in [-0.3, -0.25) is 0 Å². The zero-order valence-electron chi connectivity index (χ0n) is 26.3. The molecule has 4 aromatic carbocycles. The van der Waals surface area contributed by atoms with E-state index in [9.17, 15) is 5.11 Å². The lowest BCUT2D eigenvalue weighted by molar-refractivity contribution is -0.241. The maximum absolute atomic E-state index is 11.9. The molecule has 1 aliphatic rings. The first kappa shape index (κ1) is 33.7. The first-order valence-corrected chi connectivity index (χ1v) is 16.4. The molecular formula is C38H42O7S. The van der Waals surface area contributed by atoms with Gasteiger partial charge < -0.3 is 33.5 Å². The van der Waals surface area contributed by atoms with Crippen LogP contribution in [0.5, 0.6) is 11.5 Å². The largest absolute Gasteiger partial charge is 0.497 e. The predicted octanol–water partition coefficient (Wildman–Crippen LogP) is 7.22. The normalized spacial score (nSPS) is 20.5. The molecule has 0 aromatic heterocycles. The number of aliphatic hydroxyl groups is 1. The van der Waals surface area contributed by atoms with E-state index in [2.05, 4.69) is 12.1 Å². The number of aliphatic hydroxyl groups excluding tert-OH is 1.